The quantitative estimate of drug-likeness (QED) is 0.149. The molecule has 0 unspecified atom stereocenters. The van der Waals surface area contributed by atoms with Gasteiger partial charge in [0.25, 0.3) is 0 Å². The van der Waals surface area contributed by atoms with E-state index in [9.17, 15) is 0 Å². The first-order chi connectivity index (χ1) is 29.8. The molecular formula is C59H41N. The molecule has 10 aromatic carbocycles. The van der Waals surface area contributed by atoms with E-state index < -0.39 is 5.41 Å². The van der Waals surface area contributed by atoms with Crippen LogP contribution < -0.4 is 4.90 Å². The van der Waals surface area contributed by atoms with Crippen LogP contribution in [0.25, 0.3) is 55.3 Å². The fraction of sp³-hybridized carbons (Fsp3) is 0.0169. The molecular weight excluding hydrogens is 723 g/mol. The van der Waals surface area contributed by atoms with Crippen LogP contribution in [0.15, 0.2) is 249 Å². The highest BCUT2D eigenvalue weighted by Gasteiger charge is 2.47. The van der Waals surface area contributed by atoms with Crippen LogP contribution in [0.3, 0.4) is 0 Å². The minimum absolute atomic E-state index is 0.502. The Hall–Kier alpha value is -7.74. The molecule has 0 heterocycles. The summed E-state index contributed by atoms with van der Waals surface area (Å²) >= 11 is 0. The summed E-state index contributed by atoms with van der Waals surface area (Å²) in [6, 6.07) is 91.0. The van der Waals surface area contributed by atoms with Crippen LogP contribution >= 0.6 is 0 Å². The number of fused-ring (bicyclic) bond motifs is 4. The lowest BCUT2D eigenvalue weighted by atomic mass is 9.68. The number of anilines is 3. The predicted octanol–water partition coefficient (Wildman–Crippen LogP) is 15.7. The lowest BCUT2D eigenvalue weighted by molar-refractivity contribution is 0.768. The van der Waals surface area contributed by atoms with Gasteiger partial charge in [-0.2, -0.15) is 0 Å². The minimum atomic E-state index is -0.502. The van der Waals surface area contributed by atoms with Crippen molar-refractivity contribution in [1.29, 1.82) is 0 Å². The second-order valence-corrected chi connectivity index (χ2v) is 15.6. The van der Waals surface area contributed by atoms with Gasteiger partial charge in [-0.25, -0.2) is 0 Å². The van der Waals surface area contributed by atoms with E-state index in [4.69, 9.17) is 0 Å². The molecule has 60 heavy (non-hydrogen) atoms. The van der Waals surface area contributed by atoms with E-state index in [1.165, 1.54) is 77.5 Å². The van der Waals surface area contributed by atoms with Crippen molar-refractivity contribution in [1.82, 2.24) is 0 Å². The third-order valence-electron chi connectivity index (χ3n) is 12.3. The molecule has 0 atom stereocenters. The first-order valence-corrected chi connectivity index (χ1v) is 20.8. The highest BCUT2D eigenvalue weighted by Crippen LogP contribution is 2.59. The molecule has 0 bridgehead atoms. The molecule has 0 saturated carbocycles. The molecule has 0 N–H and O–H groups in total. The average Bonchev–Trinajstić information content (AvgIpc) is 3.64. The summed E-state index contributed by atoms with van der Waals surface area (Å²) in [7, 11) is 0. The highest BCUT2D eigenvalue weighted by atomic mass is 15.1. The number of rotatable bonds is 8. The van der Waals surface area contributed by atoms with Gasteiger partial charge >= 0.3 is 0 Å². The van der Waals surface area contributed by atoms with E-state index in [2.05, 4.69) is 254 Å². The zero-order valence-corrected chi connectivity index (χ0v) is 33.1. The Morgan fingerprint density at radius 2 is 0.767 bits per heavy atom. The van der Waals surface area contributed by atoms with Crippen molar-refractivity contribution in [3.8, 4) is 44.5 Å². The average molecular weight is 764 g/mol. The maximum Gasteiger partial charge on any atom is 0.0714 e. The molecule has 11 rings (SSSR count). The van der Waals surface area contributed by atoms with Crippen LogP contribution in [0.5, 0.6) is 0 Å². The fourth-order valence-corrected chi connectivity index (χ4v) is 9.67. The summed E-state index contributed by atoms with van der Waals surface area (Å²) in [6.07, 6.45) is 0. The zero-order chi connectivity index (χ0) is 39.9. The van der Waals surface area contributed by atoms with Gasteiger partial charge in [0.05, 0.1) is 11.1 Å². The van der Waals surface area contributed by atoms with E-state index in [0.717, 1.165) is 17.1 Å². The molecule has 10 aromatic rings. The van der Waals surface area contributed by atoms with Gasteiger partial charge in [-0.15, -0.1) is 0 Å². The van der Waals surface area contributed by atoms with Crippen molar-refractivity contribution in [2.75, 3.05) is 4.90 Å². The lowest BCUT2D eigenvalue weighted by Gasteiger charge is -2.34. The van der Waals surface area contributed by atoms with E-state index in [1.807, 2.05) is 0 Å². The second-order valence-electron chi connectivity index (χ2n) is 15.6. The molecule has 0 amide bonds. The zero-order valence-electron chi connectivity index (χ0n) is 33.1. The number of hydrogen-bond acceptors (Lipinski definition) is 1. The smallest absolute Gasteiger partial charge is 0.0714 e. The highest BCUT2D eigenvalue weighted by molar-refractivity contribution is 6.00. The molecule has 0 aromatic heterocycles. The number of hydrogen-bond donors (Lipinski definition) is 0. The van der Waals surface area contributed by atoms with E-state index in [-0.39, 0.29) is 0 Å². The van der Waals surface area contributed by atoms with E-state index >= 15 is 0 Å². The molecule has 0 saturated heterocycles. The Bertz CT molecular complexity index is 3080. The molecule has 1 nitrogen and oxygen atoms in total. The van der Waals surface area contributed by atoms with Gasteiger partial charge in [0, 0.05) is 16.9 Å². The Labute approximate surface area is 352 Å². The number of benzene rings is 10. The molecule has 0 aliphatic heterocycles. The largest absolute Gasteiger partial charge is 0.310 e. The summed E-state index contributed by atoms with van der Waals surface area (Å²) in [5.41, 5.74) is 17.7. The fourth-order valence-electron chi connectivity index (χ4n) is 9.67. The van der Waals surface area contributed by atoms with Crippen LogP contribution in [-0.4, -0.2) is 0 Å². The third-order valence-corrected chi connectivity index (χ3v) is 12.3. The van der Waals surface area contributed by atoms with E-state index in [1.54, 1.807) is 0 Å². The molecule has 0 fully saturated rings. The SMILES string of the molecule is c1ccc(-c2ccc(N(c3ccc4ccc(-c5ccccc5-c5ccccc5)cc4c3)c3cccc4c3-c3ccccc3C4(c3ccccc3)c3ccccc3)cc2)cc1. The summed E-state index contributed by atoms with van der Waals surface area (Å²) in [4.78, 5) is 2.47. The van der Waals surface area contributed by atoms with Gasteiger partial charge in [-0.05, 0) is 108 Å². The first-order valence-electron chi connectivity index (χ1n) is 20.8. The van der Waals surface area contributed by atoms with Crippen molar-refractivity contribution in [3.05, 3.63) is 271 Å². The third kappa shape index (κ3) is 5.86. The second kappa shape index (κ2) is 14.9. The molecule has 1 heteroatoms. The summed E-state index contributed by atoms with van der Waals surface area (Å²) in [5, 5.41) is 2.39. The minimum Gasteiger partial charge on any atom is -0.310 e. The van der Waals surface area contributed by atoms with Crippen LogP contribution in [0.4, 0.5) is 17.1 Å². The molecule has 0 radical (unpaired) electrons. The maximum absolute atomic E-state index is 2.47. The van der Waals surface area contributed by atoms with Gasteiger partial charge in [0.2, 0.25) is 0 Å². The van der Waals surface area contributed by atoms with Crippen LogP contribution in [0.1, 0.15) is 22.3 Å². The van der Waals surface area contributed by atoms with Gasteiger partial charge < -0.3 is 4.90 Å². The number of nitrogens with zero attached hydrogens (tertiary/aromatic N) is 1. The Morgan fingerprint density at radius 1 is 0.283 bits per heavy atom. The van der Waals surface area contributed by atoms with Crippen molar-refractivity contribution in [2.24, 2.45) is 0 Å². The topological polar surface area (TPSA) is 3.24 Å². The predicted molar refractivity (Wildman–Crippen MR) is 252 cm³/mol. The van der Waals surface area contributed by atoms with Crippen molar-refractivity contribution in [3.63, 3.8) is 0 Å². The lowest BCUT2D eigenvalue weighted by Crippen LogP contribution is -2.28. The van der Waals surface area contributed by atoms with Gasteiger partial charge in [-0.1, -0.05) is 212 Å². The maximum atomic E-state index is 2.47. The van der Waals surface area contributed by atoms with Crippen LogP contribution in [0.2, 0.25) is 0 Å². The van der Waals surface area contributed by atoms with Crippen LogP contribution in [-0.2, 0) is 5.41 Å². The Morgan fingerprint density at radius 3 is 1.43 bits per heavy atom. The van der Waals surface area contributed by atoms with Crippen molar-refractivity contribution in [2.45, 2.75) is 5.41 Å². The Balaban J connectivity index is 1.14. The summed E-state index contributed by atoms with van der Waals surface area (Å²) in [6.45, 7) is 0. The van der Waals surface area contributed by atoms with Crippen LogP contribution in [0, 0.1) is 0 Å². The summed E-state index contributed by atoms with van der Waals surface area (Å²) in [5.74, 6) is 0. The van der Waals surface area contributed by atoms with Crippen molar-refractivity contribution < 1.29 is 0 Å². The molecule has 0 spiro atoms. The van der Waals surface area contributed by atoms with Crippen molar-refractivity contribution >= 4 is 27.8 Å². The molecule has 1 aliphatic rings. The van der Waals surface area contributed by atoms with Gasteiger partial charge in [0.1, 0.15) is 0 Å². The summed E-state index contributed by atoms with van der Waals surface area (Å²) < 4.78 is 0. The van der Waals surface area contributed by atoms with Gasteiger partial charge in [0.15, 0.2) is 0 Å². The van der Waals surface area contributed by atoms with Gasteiger partial charge in [-0.3, -0.25) is 0 Å². The molecule has 282 valence electrons. The Kier molecular flexibility index (Phi) is 8.79. The molecule has 1 aliphatic carbocycles. The monoisotopic (exact) mass is 763 g/mol. The standard InChI is InChI=1S/C59H41N/c1-5-18-42(19-6-1)43-34-37-50(38-35-43)60(51-39-36-44-32-33-46(40-47(44)41-51)53-27-14-13-26-52(53)45-20-7-2-8-21-45)57-31-17-30-56-58(57)54-28-15-16-29-55(54)59(56,48-22-9-3-10-23-48)49-24-11-4-12-25-49/h1-41H. The normalized spacial score (nSPS) is 12.5. The van der Waals surface area contributed by atoms with E-state index in [0.29, 0.717) is 0 Å². The first kappa shape index (κ1) is 35.4.